The Hall–Kier alpha value is -3.36. The zero-order chi connectivity index (χ0) is 20.7. The van der Waals surface area contributed by atoms with Gasteiger partial charge in [-0.05, 0) is 39.0 Å². The van der Waals surface area contributed by atoms with Gasteiger partial charge in [0, 0.05) is 48.8 Å². The van der Waals surface area contributed by atoms with Crippen LogP contribution in [0.1, 0.15) is 28.7 Å². The number of esters is 1. The molecule has 2 aromatic rings. The van der Waals surface area contributed by atoms with Gasteiger partial charge in [-0.2, -0.15) is 0 Å². The van der Waals surface area contributed by atoms with Gasteiger partial charge < -0.3 is 19.9 Å². The summed E-state index contributed by atoms with van der Waals surface area (Å²) >= 11 is 0. The maximum atomic E-state index is 12.2. The first-order valence-electron chi connectivity index (χ1n) is 8.92. The number of hydrogen-bond acceptors (Lipinski definition) is 6. The highest BCUT2D eigenvalue weighted by Gasteiger charge is 2.17. The molecule has 1 aromatic heterocycles. The fourth-order valence-electron chi connectivity index (χ4n) is 2.86. The Morgan fingerprint density at radius 1 is 1.18 bits per heavy atom. The largest absolute Gasteiger partial charge is 0.452 e. The van der Waals surface area contributed by atoms with Crippen LogP contribution < -0.4 is 10.6 Å². The molecule has 1 heterocycles. The summed E-state index contributed by atoms with van der Waals surface area (Å²) in [6.45, 7) is 6.90. The lowest BCUT2D eigenvalue weighted by Crippen LogP contribution is -2.32. The molecule has 1 amide bonds. The maximum Gasteiger partial charge on any atom is 0.340 e. The predicted octanol–water partition coefficient (Wildman–Crippen LogP) is 2.42. The fraction of sp³-hybridized carbons (Fsp3) is 0.368. The van der Waals surface area contributed by atoms with Crippen LogP contribution in [0.2, 0.25) is 0 Å². The molecule has 2 rings (SSSR count). The number of nitrogens with zero attached hydrogens (tertiary/aromatic N) is 2. The third-order valence-corrected chi connectivity index (χ3v) is 4.30. The van der Waals surface area contributed by atoms with E-state index in [1.165, 1.54) is 12.1 Å². The van der Waals surface area contributed by atoms with Crippen LogP contribution in [0.5, 0.6) is 0 Å². The third kappa shape index (κ3) is 5.32. The highest BCUT2D eigenvalue weighted by molar-refractivity contribution is 5.92. The number of non-ortho nitro benzene ring substituents is 1. The minimum atomic E-state index is -0.521. The van der Waals surface area contributed by atoms with Crippen molar-refractivity contribution >= 4 is 23.3 Å². The number of hydrogen-bond donors (Lipinski definition) is 2. The Bertz CT molecular complexity index is 858. The van der Waals surface area contributed by atoms with Gasteiger partial charge in [0.25, 0.3) is 11.6 Å². The van der Waals surface area contributed by atoms with Gasteiger partial charge in [-0.3, -0.25) is 14.9 Å². The molecule has 150 valence electrons. The molecule has 9 nitrogen and oxygen atoms in total. The Kier molecular flexibility index (Phi) is 7.14. The standard InChI is InChI=1S/C19H24N4O5/c1-4-22-13(2)11-17(14(22)3)19(25)28-12-18(24)21-10-9-20-15-5-7-16(8-6-15)23(26)27/h5-8,11,20H,4,9-10,12H2,1-3H3,(H,21,24). The summed E-state index contributed by atoms with van der Waals surface area (Å²) in [5.41, 5.74) is 2.97. The fourth-order valence-corrected chi connectivity index (χ4v) is 2.86. The second-order valence-electron chi connectivity index (χ2n) is 6.19. The monoisotopic (exact) mass is 388 g/mol. The quantitative estimate of drug-likeness (QED) is 0.295. The van der Waals surface area contributed by atoms with Crippen LogP contribution in [0.25, 0.3) is 0 Å². The smallest absolute Gasteiger partial charge is 0.340 e. The summed E-state index contributed by atoms with van der Waals surface area (Å²) in [7, 11) is 0. The van der Waals surface area contributed by atoms with Crippen molar-refractivity contribution in [2.24, 2.45) is 0 Å². The lowest BCUT2D eigenvalue weighted by molar-refractivity contribution is -0.384. The number of amides is 1. The first-order valence-corrected chi connectivity index (χ1v) is 8.92. The molecule has 0 aliphatic rings. The molecule has 0 saturated carbocycles. The number of nitrogens with one attached hydrogen (secondary N) is 2. The average Bonchev–Trinajstić information content (AvgIpc) is 2.97. The van der Waals surface area contributed by atoms with E-state index in [4.69, 9.17) is 4.74 Å². The molecule has 2 N–H and O–H groups in total. The lowest BCUT2D eigenvalue weighted by atomic mass is 10.2. The molecule has 1 aromatic carbocycles. The SMILES string of the molecule is CCn1c(C)cc(C(=O)OCC(=O)NCCNc2ccc([N+](=O)[O-])cc2)c1C. The van der Waals surface area contributed by atoms with E-state index in [0.29, 0.717) is 24.3 Å². The summed E-state index contributed by atoms with van der Waals surface area (Å²) in [4.78, 5) is 34.1. The van der Waals surface area contributed by atoms with Crippen LogP contribution in [-0.4, -0.2) is 41.1 Å². The molecule has 0 fully saturated rings. The number of nitro groups is 1. The van der Waals surface area contributed by atoms with Crippen LogP contribution in [0.15, 0.2) is 30.3 Å². The van der Waals surface area contributed by atoms with E-state index in [9.17, 15) is 19.7 Å². The van der Waals surface area contributed by atoms with Gasteiger partial charge in [-0.1, -0.05) is 0 Å². The van der Waals surface area contributed by atoms with Gasteiger partial charge in [0.05, 0.1) is 10.5 Å². The second-order valence-corrected chi connectivity index (χ2v) is 6.19. The molecule has 0 radical (unpaired) electrons. The van der Waals surface area contributed by atoms with Crippen molar-refractivity contribution in [3.63, 3.8) is 0 Å². The molecule has 0 bridgehead atoms. The number of rotatable bonds is 9. The molecular formula is C19H24N4O5. The Morgan fingerprint density at radius 3 is 2.43 bits per heavy atom. The Balaban J connectivity index is 1.71. The minimum absolute atomic E-state index is 0.0142. The van der Waals surface area contributed by atoms with Crippen LogP contribution in [0.4, 0.5) is 11.4 Å². The van der Waals surface area contributed by atoms with Crippen LogP contribution in [0.3, 0.4) is 0 Å². The molecule has 0 spiro atoms. The van der Waals surface area contributed by atoms with Gasteiger partial charge in [0.1, 0.15) is 0 Å². The number of ether oxygens (including phenoxy) is 1. The van der Waals surface area contributed by atoms with Crippen LogP contribution in [-0.2, 0) is 16.1 Å². The van der Waals surface area contributed by atoms with Crippen LogP contribution >= 0.6 is 0 Å². The summed E-state index contributed by atoms with van der Waals surface area (Å²) in [5.74, 6) is -0.921. The number of carbonyl (C=O) groups is 2. The van der Waals surface area contributed by atoms with E-state index in [1.54, 1.807) is 18.2 Å². The van der Waals surface area contributed by atoms with Gasteiger partial charge in [0.15, 0.2) is 6.61 Å². The van der Waals surface area contributed by atoms with E-state index >= 15 is 0 Å². The highest BCUT2D eigenvalue weighted by atomic mass is 16.6. The molecule has 0 saturated heterocycles. The van der Waals surface area contributed by atoms with Gasteiger partial charge in [-0.15, -0.1) is 0 Å². The molecule has 0 atom stereocenters. The number of benzene rings is 1. The van der Waals surface area contributed by atoms with Gasteiger partial charge in [0.2, 0.25) is 0 Å². The molecular weight excluding hydrogens is 364 g/mol. The molecule has 9 heteroatoms. The Morgan fingerprint density at radius 2 is 1.86 bits per heavy atom. The van der Waals surface area contributed by atoms with E-state index in [-0.39, 0.29) is 12.3 Å². The molecule has 28 heavy (non-hydrogen) atoms. The summed E-state index contributed by atoms with van der Waals surface area (Å²) in [6.07, 6.45) is 0. The van der Waals surface area contributed by atoms with Crippen molar-refractivity contribution in [1.29, 1.82) is 0 Å². The lowest BCUT2D eigenvalue weighted by Gasteiger charge is -2.09. The molecule has 0 unspecified atom stereocenters. The minimum Gasteiger partial charge on any atom is -0.452 e. The van der Waals surface area contributed by atoms with E-state index in [0.717, 1.165) is 17.9 Å². The predicted molar refractivity (Wildman–Crippen MR) is 104 cm³/mol. The number of carbonyl (C=O) groups excluding carboxylic acids is 2. The highest BCUT2D eigenvalue weighted by Crippen LogP contribution is 2.16. The first kappa shape index (κ1) is 20.9. The number of aromatic nitrogens is 1. The number of anilines is 1. The van der Waals surface area contributed by atoms with Crippen molar-refractivity contribution in [1.82, 2.24) is 9.88 Å². The van der Waals surface area contributed by atoms with E-state index in [1.807, 2.05) is 25.3 Å². The maximum absolute atomic E-state index is 12.2. The topological polar surface area (TPSA) is 116 Å². The summed E-state index contributed by atoms with van der Waals surface area (Å²) in [5, 5.41) is 16.3. The van der Waals surface area contributed by atoms with E-state index in [2.05, 4.69) is 10.6 Å². The molecule has 0 aliphatic carbocycles. The number of aryl methyl sites for hydroxylation is 1. The second kappa shape index (κ2) is 9.54. The van der Waals surface area contributed by atoms with E-state index < -0.39 is 16.8 Å². The first-order chi connectivity index (χ1) is 13.3. The molecule has 0 aliphatic heterocycles. The Labute approximate surface area is 162 Å². The van der Waals surface area contributed by atoms with Gasteiger partial charge >= 0.3 is 5.97 Å². The summed E-state index contributed by atoms with van der Waals surface area (Å²) in [6, 6.07) is 7.74. The van der Waals surface area contributed by atoms with Crippen LogP contribution in [0, 0.1) is 24.0 Å². The zero-order valence-corrected chi connectivity index (χ0v) is 16.2. The van der Waals surface area contributed by atoms with Crippen molar-refractivity contribution in [2.45, 2.75) is 27.3 Å². The van der Waals surface area contributed by atoms with Crippen molar-refractivity contribution in [3.05, 3.63) is 57.4 Å². The normalized spacial score (nSPS) is 10.4. The summed E-state index contributed by atoms with van der Waals surface area (Å²) < 4.78 is 7.09. The zero-order valence-electron chi connectivity index (χ0n) is 16.2. The van der Waals surface area contributed by atoms with Crippen molar-refractivity contribution < 1.29 is 19.2 Å². The van der Waals surface area contributed by atoms with Gasteiger partial charge in [-0.25, -0.2) is 4.79 Å². The van der Waals surface area contributed by atoms with Crippen molar-refractivity contribution in [2.75, 3.05) is 25.0 Å². The van der Waals surface area contributed by atoms with Crippen molar-refractivity contribution in [3.8, 4) is 0 Å². The average molecular weight is 388 g/mol. The number of nitro benzene ring substituents is 1. The third-order valence-electron chi connectivity index (χ3n) is 4.30.